The second-order valence-corrected chi connectivity index (χ2v) is 6.75. The molecule has 8 heteroatoms. The topological polar surface area (TPSA) is 117 Å². The normalized spacial score (nSPS) is 16.3. The zero-order valence-electron chi connectivity index (χ0n) is 14.5. The number of likely N-dealkylation sites (tertiary alicyclic amines) is 1. The highest BCUT2D eigenvalue weighted by molar-refractivity contribution is 6.01. The van der Waals surface area contributed by atoms with Crippen molar-refractivity contribution in [2.45, 2.75) is 31.7 Å². The van der Waals surface area contributed by atoms with Crippen LogP contribution in [0.5, 0.6) is 0 Å². The largest absolute Gasteiger partial charge is 0.369 e. The molecule has 134 valence electrons. The molecular formula is C18H21N7O. The fourth-order valence-electron chi connectivity index (χ4n) is 3.92. The number of pyridine rings is 1. The number of imidazole rings is 1. The van der Waals surface area contributed by atoms with Crippen LogP contribution in [0, 0.1) is 11.3 Å². The van der Waals surface area contributed by atoms with Crippen LogP contribution in [-0.4, -0.2) is 50.0 Å². The Labute approximate surface area is 150 Å². The third-order valence-corrected chi connectivity index (χ3v) is 5.10. The number of piperidine rings is 1. The number of aromatic amines is 1. The van der Waals surface area contributed by atoms with Gasteiger partial charge in [-0.05, 0) is 18.9 Å². The lowest BCUT2D eigenvalue weighted by molar-refractivity contribution is -0.117. The number of amides is 1. The molecule has 0 radical (unpaired) electrons. The van der Waals surface area contributed by atoms with Gasteiger partial charge in [0.15, 0.2) is 0 Å². The van der Waals surface area contributed by atoms with E-state index >= 15 is 0 Å². The van der Waals surface area contributed by atoms with Gasteiger partial charge in [0, 0.05) is 43.7 Å². The molecule has 1 aliphatic heterocycles. The predicted octanol–water partition coefficient (Wildman–Crippen LogP) is 1.49. The van der Waals surface area contributed by atoms with Gasteiger partial charge in [-0.15, -0.1) is 0 Å². The quantitative estimate of drug-likeness (QED) is 0.722. The lowest BCUT2D eigenvalue weighted by atomic mass is 10.0. The third kappa shape index (κ3) is 2.91. The first-order chi connectivity index (χ1) is 12.7. The van der Waals surface area contributed by atoms with E-state index in [9.17, 15) is 4.79 Å². The van der Waals surface area contributed by atoms with Gasteiger partial charge in [0.25, 0.3) is 0 Å². The molecule has 0 bridgehead atoms. The number of hydrogen-bond donors (Lipinski definition) is 2. The molecule has 0 aromatic carbocycles. The summed E-state index contributed by atoms with van der Waals surface area (Å²) in [6, 6.07) is 4.46. The number of nitriles is 1. The van der Waals surface area contributed by atoms with Crippen molar-refractivity contribution in [2.75, 3.05) is 19.6 Å². The molecule has 0 aliphatic carbocycles. The Morgan fingerprint density at radius 1 is 1.42 bits per heavy atom. The van der Waals surface area contributed by atoms with E-state index < -0.39 is 0 Å². The second kappa shape index (κ2) is 6.77. The van der Waals surface area contributed by atoms with Crippen LogP contribution in [0.4, 0.5) is 0 Å². The smallest absolute Gasteiger partial charge is 0.225 e. The monoisotopic (exact) mass is 351 g/mol. The molecule has 0 atom stereocenters. The fraction of sp³-hybridized carbons (Fsp3) is 0.444. The van der Waals surface area contributed by atoms with E-state index in [1.54, 1.807) is 6.20 Å². The molecule has 0 saturated carbocycles. The van der Waals surface area contributed by atoms with Gasteiger partial charge in [-0.25, -0.2) is 9.97 Å². The number of hydrogen-bond acceptors (Lipinski definition) is 5. The lowest BCUT2D eigenvalue weighted by Crippen LogP contribution is -2.35. The molecule has 0 unspecified atom stereocenters. The zero-order chi connectivity index (χ0) is 18.1. The lowest BCUT2D eigenvalue weighted by Gasteiger charge is -2.33. The summed E-state index contributed by atoms with van der Waals surface area (Å²) < 4.78 is 2.19. The summed E-state index contributed by atoms with van der Waals surface area (Å²) in [6.45, 7) is 2.68. The van der Waals surface area contributed by atoms with Crippen LogP contribution in [0.25, 0.3) is 22.1 Å². The number of nitrogens with zero attached hydrogens (tertiary/aromatic N) is 5. The van der Waals surface area contributed by atoms with Crippen molar-refractivity contribution in [1.82, 2.24) is 24.4 Å². The number of primary amides is 1. The Hall–Kier alpha value is -2.92. The van der Waals surface area contributed by atoms with Gasteiger partial charge in [-0.1, -0.05) is 0 Å². The summed E-state index contributed by atoms with van der Waals surface area (Å²) in [7, 11) is 0. The molecule has 4 heterocycles. The van der Waals surface area contributed by atoms with Crippen molar-refractivity contribution in [3.63, 3.8) is 0 Å². The molecule has 1 aliphatic rings. The zero-order valence-corrected chi connectivity index (χ0v) is 14.5. The van der Waals surface area contributed by atoms with Crippen LogP contribution in [0.3, 0.4) is 0 Å². The van der Waals surface area contributed by atoms with E-state index in [2.05, 4.69) is 30.5 Å². The average Bonchev–Trinajstić information content (AvgIpc) is 3.23. The number of carbonyl (C=O) groups excluding carboxylic acids is 1. The molecule has 0 spiro atoms. The number of H-pyrrole nitrogens is 1. The van der Waals surface area contributed by atoms with Gasteiger partial charge in [0.2, 0.25) is 5.91 Å². The van der Waals surface area contributed by atoms with Crippen LogP contribution in [0.1, 0.15) is 31.1 Å². The van der Waals surface area contributed by atoms with E-state index in [-0.39, 0.29) is 18.4 Å². The van der Waals surface area contributed by atoms with Gasteiger partial charge in [-0.2, -0.15) is 5.26 Å². The van der Waals surface area contributed by atoms with E-state index in [1.807, 2.05) is 12.3 Å². The van der Waals surface area contributed by atoms with Crippen molar-refractivity contribution >= 4 is 28.0 Å². The van der Waals surface area contributed by atoms with Crippen LogP contribution < -0.4 is 5.73 Å². The Morgan fingerprint density at radius 2 is 2.23 bits per heavy atom. The number of nitrogens with two attached hydrogens (primary N) is 1. The molecule has 3 aromatic rings. The Bertz CT molecular complexity index is 988. The highest BCUT2D eigenvalue weighted by Crippen LogP contribution is 2.32. The van der Waals surface area contributed by atoms with Crippen LogP contribution in [-0.2, 0) is 11.2 Å². The number of rotatable bonds is 5. The molecule has 1 amide bonds. The minimum atomic E-state index is -0.383. The summed E-state index contributed by atoms with van der Waals surface area (Å²) in [4.78, 5) is 26.1. The maximum atomic E-state index is 11.6. The van der Waals surface area contributed by atoms with Crippen LogP contribution >= 0.6 is 0 Å². The third-order valence-electron chi connectivity index (χ3n) is 5.10. The summed E-state index contributed by atoms with van der Waals surface area (Å²) in [5, 5.41) is 9.79. The Kier molecular flexibility index (Phi) is 4.31. The fourth-order valence-corrected chi connectivity index (χ4v) is 3.92. The van der Waals surface area contributed by atoms with Crippen molar-refractivity contribution in [2.24, 2.45) is 5.73 Å². The summed E-state index contributed by atoms with van der Waals surface area (Å²) >= 11 is 0. The number of fused-ring (bicyclic) bond motifs is 3. The van der Waals surface area contributed by atoms with E-state index in [1.165, 1.54) is 0 Å². The summed E-state index contributed by atoms with van der Waals surface area (Å²) in [5.74, 6) is 0.324. The molecule has 3 N–H and O–H groups in total. The van der Waals surface area contributed by atoms with Crippen LogP contribution in [0.2, 0.25) is 0 Å². The van der Waals surface area contributed by atoms with Gasteiger partial charge < -0.3 is 20.2 Å². The minimum absolute atomic E-state index is 0.120. The van der Waals surface area contributed by atoms with Crippen molar-refractivity contribution in [3.05, 3.63) is 24.3 Å². The average molecular weight is 351 g/mol. The maximum Gasteiger partial charge on any atom is 0.225 e. The summed E-state index contributed by atoms with van der Waals surface area (Å²) in [6.07, 6.45) is 6.20. The first-order valence-corrected chi connectivity index (χ1v) is 8.88. The molecular weight excluding hydrogens is 330 g/mol. The molecule has 1 saturated heterocycles. The predicted molar refractivity (Wildman–Crippen MR) is 97.2 cm³/mol. The first kappa shape index (κ1) is 16.5. The standard InChI is InChI=1S/C18H21N7O/c19-5-1-7-24-8-3-12(4-9-24)25-16(10-15(20)26)23-14-11-22-18-13(17(14)25)2-6-21-18/h2,6,11-12H,1,3-4,7-10H2,(H2,20,26)(H,21,22). The van der Waals surface area contributed by atoms with E-state index in [0.717, 1.165) is 54.5 Å². The second-order valence-electron chi connectivity index (χ2n) is 6.75. The van der Waals surface area contributed by atoms with E-state index in [0.29, 0.717) is 12.2 Å². The Morgan fingerprint density at radius 3 is 2.96 bits per heavy atom. The van der Waals surface area contributed by atoms with Crippen molar-refractivity contribution in [1.29, 1.82) is 5.26 Å². The number of aromatic nitrogens is 4. The van der Waals surface area contributed by atoms with Crippen molar-refractivity contribution in [3.8, 4) is 6.07 Å². The van der Waals surface area contributed by atoms with Crippen LogP contribution in [0.15, 0.2) is 18.5 Å². The van der Waals surface area contributed by atoms with Gasteiger partial charge >= 0.3 is 0 Å². The summed E-state index contributed by atoms with van der Waals surface area (Å²) in [5.41, 5.74) is 8.09. The highest BCUT2D eigenvalue weighted by atomic mass is 16.1. The SMILES string of the molecule is N#CCCN1CCC(n2c(CC(N)=O)nc3cnc4[nH]ccc4c32)CC1. The van der Waals surface area contributed by atoms with Gasteiger partial charge in [-0.3, -0.25) is 4.79 Å². The van der Waals surface area contributed by atoms with Gasteiger partial charge in [0.05, 0.1) is 24.2 Å². The molecule has 3 aromatic heterocycles. The molecule has 26 heavy (non-hydrogen) atoms. The number of carbonyl (C=O) groups is 1. The Balaban J connectivity index is 1.74. The minimum Gasteiger partial charge on any atom is -0.369 e. The molecule has 1 fully saturated rings. The van der Waals surface area contributed by atoms with Crippen molar-refractivity contribution < 1.29 is 4.79 Å². The van der Waals surface area contributed by atoms with Gasteiger partial charge in [0.1, 0.15) is 17.0 Å². The molecule has 8 nitrogen and oxygen atoms in total. The molecule has 4 rings (SSSR count). The van der Waals surface area contributed by atoms with E-state index in [4.69, 9.17) is 11.0 Å². The number of nitrogens with one attached hydrogen (secondary N) is 1. The highest BCUT2D eigenvalue weighted by Gasteiger charge is 2.26. The maximum absolute atomic E-state index is 11.6. The first-order valence-electron chi connectivity index (χ1n) is 8.88.